The minimum Gasteiger partial charge on any atom is -0.352 e. The minimum absolute atomic E-state index is 0.142. The van der Waals surface area contributed by atoms with Crippen molar-refractivity contribution in [1.82, 2.24) is 10.6 Å². The Kier molecular flexibility index (Phi) is 5.96. The first-order valence-corrected chi connectivity index (χ1v) is 9.59. The van der Waals surface area contributed by atoms with Gasteiger partial charge in [0.05, 0.1) is 5.56 Å². The number of benzene rings is 2. The van der Waals surface area contributed by atoms with Gasteiger partial charge in [0.25, 0.3) is 5.91 Å². The fourth-order valence-corrected chi connectivity index (χ4v) is 3.25. The van der Waals surface area contributed by atoms with E-state index in [4.69, 9.17) is 11.6 Å². The number of hydrogen-bond donors (Lipinski definition) is 2. The largest absolute Gasteiger partial charge is 0.352 e. The van der Waals surface area contributed by atoms with Gasteiger partial charge in [0, 0.05) is 21.1 Å². The maximum Gasteiger partial charge on any atom is 0.253 e. The first kappa shape index (κ1) is 18.2. The van der Waals surface area contributed by atoms with Crippen LogP contribution in [0.4, 0.5) is 0 Å². The van der Waals surface area contributed by atoms with E-state index in [0.29, 0.717) is 17.0 Å². The SMILES string of the molecule is O=C(NC(Cc1ccccc1)C(=O)NC1CC1)c1cc(Cl)ccc1I. The van der Waals surface area contributed by atoms with Crippen LogP contribution in [0.15, 0.2) is 48.5 Å². The third-order valence-electron chi connectivity index (χ3n) is 4.00. The lowest BCUT2D eigenvalue weighted by Gasteiger charge is -2.19. The normalized spacial score (nSPS) is 14.6. The van der Waals surface area contributed by atoms with Gasteiger partial charge in [0.1, 0.15) is 6.04 Å². The number of carbonyl (C=O) groups is 2. The molecule has 1 saturated carbocycles. The number of halogens is 2. The Hall–Kier alpha value is -1.60. The maximum atomic E-state index is 12.7. The zero-order chi connectivity index (χ0) is 17.8. The molecular weight excluding hydrogens is 451 g/mol. The van der Waals surface area contributed by atoms with E-state index in [2.05, 4.69) is 33.2 Å². The molecule has 0 bridgehead atoms. The summed E-state index contributed by atoms with van der Waals surface area (Å²) in [4.78, 5) is 25.2. The Labute approximate surface area is 165 Å². The van der Waals surface area contributed by atoms with Gasteiger partial charge in [0.2, 0.25) is 5.91 Å². The maximum absolute atomic E-state index is 12.7. The third kappa shape index (κ3) is 5.19. The molecular formula is C19H18ClIN2O2. The molecule has 0 heterocycles. The first-order chi connectivity index (χ1) is 12.0. The highest BCUT2D eigenvalue weighted by molar-refractivity contribution is 14.1. The summed E-state index contributed by atoms with van der Waals surface area (Å²) in [7, 11) is 0. The van der Waals surface area contributed by atoms with Gasteiger partial charge in [-0.15, -0.1) is 0 Å². The van der Waals surface area contributed by atoms with Gasteiger partial charge >= 0.3 is 0 Å². The van der Waals surface area contributed by atoms with Crippen LogP contribution in [-0.2, 0) is 11.2 Å². The van der Waals surface area contributed by atoms with E-state index in [1.165, 1.54) is 0 Å². The summed E-state index contributed by atoms with van der Waals surface area (Å²) in [6.07, 6.45) is 2.45. The smallest absolute Gasteiger partial charge is 0.253 e. The first-order valence-electron chi connectivity index (χ1n) is 8.13. The van der Waals surface area contributed by atoms with Crippen molar-refractivity contribution in [3.05, 3.63) is 68.3 Å². The summed E-state index contributed by atoms with van der Waals surface area (Å²) >= 11 is 8.09. The molecule has 0 aliphatic heterocycles. The Morgan fingerprint density at radius 2 is 1.88 bits per heavy atom. The van der Waals surface area contributed by atoms with Crippen molar-refractivity contribution in [1.29, 1.82) is 0 Å². The van der Waals surface area contributed by atoms with E-state index in [1.807, 2.05) is 30.3 Å². The van der Waals surface area contributed by atoms with Crippen molar-refractivity contribution < 1.29 is 9.59 Å². The van der Waals surface area contributed by atoms with E-state index < -0.39 is 6.04 Å². The number of hydrogen-bond acceptors (Lipinski definition) is 2. The van der Waals surface area contributed by atoms with Crippen LogP contribution in [0, 0.1) is 3.57 Å². The molecule has 25 heavy (non-hydrogen) atoms. The average molecular weight is 469 g/mol. The third-order valence-corrected chi connectivity index (χ3v) is 5.18. The van der Waals surface area contributed by atoms with Gasteiger partial charge < -0.3 is 10.6 Å². The van der Waals surface area contributed by atoms with E-state index >= 15 is 0 Å². The fraction of sp³-hybridized carbons (Fsp3) is 0.263. The second-order valence-corrected chi connectivity index (χ2v) is 7.72. The lowest BCUT2D eigenvalue weighted by Crippen LogP contribution is -2.48. The molecule has 1 aliphatic rings. The van der Waals surface area contributed by atoms with Crippen LogP contribution >= 0.6 is 34.2 Å². The highest BCUT2D eigenvalue weighted by Gasteiger charge is 2.29. The molecule has 1 fully saturated rings. The molecule has 6 heteroatoms. The zero-order valence-electron chi connectivity index (χ0n) is 13.5. The highest BCUT2D eigenvalue weighted by atomic mass is 127. The summed E-state index contributed by atoms with van der Waals surface area (Å²) in [6, 6.07) is 14.4. The summed E-state index contributed by atoms with van der Waals surface area (Å²) in [5.41, 5.74) is 1.48. The monoisotopic (exact) mass is 468 g/mol. The van der Waals surface area contributed by atoms with Crippen molar-refractivity contribution >= 4 is 46.0 Å². The number of carbonyl (C=O) groups excluding carboxylic acids is 2. The van der Waals surface area contributed by atoms with Crippen LogP contribution in [0.3, 0.4) is 0 Å². The predicted octanol–water partition coefficient (Wildman–Crippen LogP) is 3.56. The van der Waals surface area contributed by atoms with Gasteiger partial charge in [0.15, 0.2) is 0 Å². The summed E-state index contributed by atoms with van der Waals surface area (Å²) < 4.78 is 0.792. The number of amides is 2. The lowest BCUT2D eigenvalue weighted by molar-refractivity contribution is -0.123. The molecule has 0 aromatic heterocycles. The van der Waals surface area contributed by atoms with Crippen molar-refractivity contribution in [2.45, 2.75) is 31.3 Å². The average Bonchev–Trinajstić information content (AvgIpc) is 3.41. The summed E-state index contributed by atoms with van der Waals surface area (Å²) in [5.74, 6) is -0.435. The molecule has 3 rings (SSSR count). The standard InChI is InChI=1S/C19H18ClIN2O2/c20-13-6-9-16(21)15(11-13)18(24)23-17(19(25)22-14-7-8-14)10-12-4-2-1-3-5-12/h1-6,9,11,14,17H,7-8,10H2,(H,22,25)(H,23,24). The van der Waals surface area contributed by atoms with Gasteiger partial charge in [-0.05, 0) is 59.2 Å². The highest BCUT2D eigenvalue weighted by Crippen LogP contribution is 2.20. The Morgan fingerprint density at radius 3 is 2.56 bits per heavy atom. The topological polar surface area (TPSA) is 58.2 Å². The molecule has 4 nitrogen and oxygen atoms in total. The van der Waals surface area contributed by atoms with Crippen LogP contribution in [0.25, 0.3) is 0 Å². The molecule has 2 aromatic carbocycles. The zero-order valence-corrected chi connectivity index (χ0v) is 16.4. The van der Waals surface area contributed by atoms with Gasteiger partial charge in [-0.1, -0.05) is 41.9 Å². The van der Waals surface area contributed by atoms with E-state index in [9.17, 15) is 9.59 Å². The van der Waals surface area contributed by atoms with Crippen LogP contribution in [0.1, 0.15) is 28.8 Å². The summed E-state index contributed by atoms with van der Waals surface area (Å²) in [5, 5.41) is 6.34. The number of nitrogens with one attached hydrogen (secondary N) is 2. The second kappa shape index (κ2) is 8.19. The molecule has 0 saturated heterocycles. The molecule has 0 spiro atoms. The molecule has 0 radical (unpaired) electrons. The predicted molar refractivity (Wildman–Crippen MR) is 107 cm³/mol. The van der Waals surface area contributed by atoms with E-state index in [1.54, 1.807) is 18.2 Å². The number of rotatable bonds is 6. The van der Waals surface area contributed by atoms with Gasteiger partial charge in [-0.25, -0.2) is 0 Å². The fourth-order valence-electron chi connectivity index (χ4n) is 2.50. The van der Waals surface area contributed by atoms with E-state index in [-0.39, 0.29) is 17.9 Å². The van der Waals surface area contributed by atoms with Crippen LogP contribution in [0.2, 0.25) is 5.02 Å². The minimum atomic E-state index is -0.620. The molecule has 1 atom stereocenters. The Balaban J connectivity index is 1.77. The van der Waals surface area contributed by atoms with Gasteiger partial charge in [-0.3, -0.25) is 9.59 Å². The van der Waals surface area contributed by atoms with Crippen molar-refractivity contribution in [2.75, 3.05) is 0 Å². The molecule has 2 N–H and O–H groups in total. The second-order valence-electron chi connectivity index (χ2n) is 6.12. The van der Waals surface area contributed by atoms with Gasteiger partial charge in [-0.2, -0.15) is 0 Å². The molecule has 1 aliphatic carbocycles. The van der Waals surface area contributed by atoms with Crippen molar-refractivity contribution in [3.8, 4) is 0 Å². The molecule has 2 aromatic rings. The Bertz CT molecular complexity index is 778. The van der Waals surface area contributed by atoms with E-state index in [0.717, 1.165) is 22.0 Å². The molecule has 2 amide bonds. The molecule has 130 valence electrons. The van der Waals surface area contributed by atoms with Crippen molar-refractivity contribution in [3.63, 3.8) is 0 Å². The van der Waals surface area contributed by atoms with Crippen LogP contribution in [0.5, 0.6) is 0 Å². The molecule has 1 unspecified atom stereocenters. The van der Waals surface area contributed by atoms with Crippen LogP contribution in [-0.4, -0.2) is 23.9 Å². The lowest BCUT2D eigenvalue weighted by atomic mass is 10.0. The summed E-state index contributed by atoms with van der Waals surface area (Å²) in [6.45, 7) is 0. The van der Waals surface area contributed by atoms with Crippen LogP contribution < -0.4 is 10.6 Å². The Morgan fingerprint density at radius 1 is 1.16 bits per heavy atom. The van der Waals surface area contributed by atoms with Crippen molar-refractivity contribution in [2.24, 2.45) is 0 Å². The quantitative estimate of drug-likeness (QED) is 0.637.